The molecule has 1 N–H and O–H groups in total. The van der Waals surface area contributed by atoms with Crippen LogP contribution in [0.3, 0.4) is 0 Å². The first-order chi connectivity index (χ1) is 5.22. The number of carbonyl (C=O) groups is 1. The van der Waals surface area contributed by atoms with Gasteiger partial charge in [0.25, 0.3) is 0 Å². The van der Waals surface area contributed by atoms with Gasteiger partial charge in [-0.05, 0) is 18.4 Å². The van der Waals surface area contributed by atoms with Crippen LogP contribution >= 0.6 is 0 Å². The third-order valence-electron chi connectivity index (χ3n) is 1.34. The van der Waals surface area contributed by atoms with Crippen molar-refractivity contribution in [2.45, 2.75) is 20.8 Å². The van der Waals surface area contributed by atoms with Crippen molar-refractivity contribution in [2.24, 2.45) is 5.92 Å². The van der Waals surface area contributed by atoms with Gasteiger partial charge < -0.3 is 5.32 Å². The molecule has 2 heteroatoms. The summed E-state index contributed by atoms with van der Waals surface area (Å²) in [5.41, 5.74) is 1.12. The molecule has 1 amide bonds. The van der Waals surface area contributed by atoms with Crippen molar-refractivity contribution in [1.29, 1.82) is 0 Å². The van der Waals surface area contributed by atoms with E-state index in [-0.39, 0.29) is 0 Å². The molecule has 0 spiro atoms. The first-order valence-corrected chi connectivity index (χ1v) is 3.74. The van der Waals surface area contributed by atoms with Crippen LogP contribution in [0.25, 0.3) is 0 Å². The Balaban J connectivity index is 4.19. The van der Waals surface area contributed by atoms with Crippen molar-refractivity contribution in [3.63, 3.8) is 0 Å². The zero-order chi connectivity index (χ0) is 8.69. The van der Waals surface area contributed by atoms with Crippen molar-refractivity contribution < 1.29 is 4.79 Å². The molecule has 0 aliphatic rings. The van der Waals surface area contributed by atoms with E-state index < -0.39 is 0 Å². The van der Waals surface area contributed by atoms with Gasteiger partial charge in [-0.2, -0.15) is 0 Å². The molecule has 0 bridgehead atoms. The summed E-state index contributed by atoms with van der Waals surface area (Å²) in [4.78, 5) is 9.96. The molecule has 0 fully saturated rings. The second-order valence-corrected chi connectivity index (χ2v) is 2.58. The average molecular weight is 153 g/mol. The topological polar surface area (TPSA) is 29.1 Å². The second-order valence-electron chi connectivity index (χ2n) is 2.58. The zero-order valence-corrected chi connectivity index (χ0v) is 7.29. The summed E-state index contributed by atoms with van der Waals surface area (Å²) >= 11 is 0. The summed E-state index contributed by atoms with van der Waals surface area (Å²) in [7, 11) is 0. The number of amides is 1. The molecule has 0 saturated carbocycles. The summed E-state index contributed by atoms with van der Waals surface area (Å²) in [6.07, 6.45) is 6.34. The van der Waals surface area contributed by atoms with Crippen LogP contribution in [0.1, 0.15) is 20.8 Å². The van der Waals surface area contributed by atoms with Gasteiger partial charge >= 0.3 is 0 Å². The number of hydrogen-bond donors (Lipinski definition) is 1. The van der Waals surface area contributed by atoms with E-state index in [1.54, 1.807) is 6.20 Å². The Morgan fingerprint density at radius 3 is 2.45 bits per heavy atom. The Morgan fingerprint density at radius 1 is 1.45 bits per heavy atom. The Hall–Kier alpha value is -1.05. The molecule has 2 nitrogen and oxygen atoms in total. The second kappa shape index (κ2) is 5.71. The van der Waals surface area contributed by atoms with E-state index in [2.05, 4.69) is 19.2 Å². The van der Waals surface area contributed by atoms with Gasteiger partial charge in [0.1, 0.15) is 0 Å². The summed E-state index contributed by atoms with van der Waals surface area (Å²) in [6.45, 7) is 6.12. The highest BCUT2D eigenvalue weighted by atomic mass is 16.1. The smallest absolute Gasteiger partial charge is 0.211 e. The van der Waals surface area contributed by atoms with Gasteiger partial charge in [-0.3, -0.25) is 4.79 Å². The molecule has 0 aromatic rings. The Morgan fingerprint density at radius 2 is 2.09 bits per heavy atom. The van der Waals surface area contributed by atoms with Crippen LogP contribution in [0.2, 0.25) is 0 Å². The molecule has 0 radical (unpaired) electrons. The Bertz CT molecular complexity index is 168. The lowest BCUT2D eigenvalue weighted by molar-refractivity contribution is -0.108. The van der Waals surface area contributed by atoms with Crippen molar-refractivity contribution in [1.82, 2.24) is 5.32 Å². The van der Waals surface area contributed by atoms with E-state index in [1.165, 1.54) is 0 Å². The summed E-state index contributed by atoms with van der Waals surface area (Å²) in [5, 5.41) is 2.52. The molecule has 0 rings (SSSR count). The summed E-state index contributed by atoms with van der Waals surface area (Å²) in [5.74, 6) is 0.443. The fourth-order valence-corrected chi connectivity index (χ4v) is 0.730. The van der Waals surface area contributed by atoms with Crippen LogP contribution in [0, 0.1) is 5.92 Å². The molecule has 62 valence electrons. The normalized spacial score (nSPS) is 12.5. The standard InChI is InChI=1S/C9H15NO/c1-4-5-9(8(2)3)6-10-7-11/h4-8H,1-3H3,(H,10,11)/b5-4-,9-6+. The number of rotatable bonds is 4. The third-order valence-corrected chi connectivity index (χ3v) is 1.34. The highest BCUT2D eigenvalue weighted by Crippen LogP contribution is 2.08. The van der Waals surface area contributed by atoms with Gasteiger partial charge in [0, 0.05) is 6.20 Å². The third kappa shape index (κ3) is 4.37. The van der Waals surface area contributed by atoms with Crippen molar-refractivity contribution >= 4 is 6.41 Å². The van der Waals surface area contributed by atoms with Gasteiger partial charge in [0.2, 0.25) is 6.41 Å². The highest BCUT2D eigenvalue weighted by molar-refractivity contribution is 5.48. The molecule has 0 unspecified atom stereocenters. The SMILES string of the molecule is C/C=C\C(=C/NC=O)C(C)C. The molecule has 0 heterocycles. The van der Waals surface area contributed by atoms with Crippen LogP contribution in [0.4, 0.5) is 0 Å². The van der Waals surface area contributed by atoms with Gasteiger partial charge in [-0.15, -0.1) is 0 Å². The maximum Gasteiger partial charge on any atom is 0.211 e. The van der Waals surface area contributed by atoms with Gasteiger partial charge in [-0.25, -0.2) is 0 Å². The summed E-state index contributed by atoms with van der Waals surface area (Å²) in [6, 6.07) is 0. The quantitative estimate of drug-likeness (QED) is 0.484. The predicted octanol–water partition coefficient (Wildman–Crippen LogP) is 1.85. The minimum Gasteiger partial charge on any atom is -0.335 e. The first kappa shape index (κ1) is 9.95. The molecule has 11 heavy (non-hydrogen) atoms. The number of carbonyl (C=O) groups excluding carboxylic acids is 1. The maximum atomic E-state index is 9.96. The number of nitrogens with one attached hydrogen (secondary N) is 1. The fraction of sp³-hybridized carbons (Fsp3) is 0.444. The van der Waals surface area contributed by atoms with Gasteiger partial charge in [0.05, 0.1) is 0 Å². The van der Waals surface area contributed by atoms with Crippen molar-refractivity contribution in [2.75, 3.05) is 0 Å². The highest BCUT2D eigenvalue weighted by Gasteiger charge is 1.96. The van der Waals surface area contributed by atoms with E-state index in [0.717, 1.165) is 5.57 Å². The predicted molar refractivity (Wildman–Crippen MR) is 46.9 cm³/mol. The number of allylic oxidation sites excluding steroid dienone is 3. The molecule has 0 aliphatic heterocycles. The van der Waals surface area contributed by atoms with Gasteiger partial charge in [-0.1, -0.05) is 26.0 Å². The molecule has 0 atom stereocenters. The lowest BCUT2D eigenvalue weighted by Gasteiger charge is -2.04. The first-order valence-electron chi connectivity index (χ1n) is 3.74. The zero-order valence-electron chi connectivity index (χ0n) is 7.29. The lowest BCUT2D eigenvalue weighted by atomic mass is 10.0. The fourth-order valence-electron chi connectivity index (χ4n) is 0.730. The van der Waals surface area contributed by atoms with Crippen LogP contribution < -0.4 is 5.32 Å². The monoisotopic (exact) mass is 153 g/mol. The average Bonchev–Trinajstić information content (AvgIpc) is 1.97. The largest absolute Gasteiger partial charge is 0.335 e. The Labute approximate surface area is 68.0 Å². The summed E-state index contributed by atoms with van der Waals surface area (Å²) < 4.78 is 0. The van der Waals surface area contributed by atoms with Crippen LogP contribution in [-0.2, 0) is 4.79 Å². The van der Waals surface area contributed by atoms with E-state index in [1.807, 2.05) is 19.1 Å². The van der Waals surface area contributed by atoms with E-state index in [0.29, 0.717) is 12.3 Å². The van der Waals surface area contributed by atoms with E-state index in [9.17, 15) is 4.79 Å². The van der Waals surface area contributed by atoms with Gasteiger partial charge in [0.15, 0.2) is 0 Å². The Kier molecular flexibility index (Phi) is 5.17. The molecule has 0 saturated heterocycles. The molecule has 0 aliphatic carbocycles. The molecular weight excluding hydrogens is 138 g/mol. The van der Waals surface area contributed by atoms with Crippen molar-refractivity contribution in [3.05, 3.63) is 23.9 Å². The van der Waals surface area contributed by atoms with Crippen LogP contribution in [-0.4, -0.2) is 6.41 Å². The minimum absolute atomic E-state index is 0.443. The minimum atomic E-state index is 0.443. The van der Waals surface area contributed by atoms with E-state index >= 15 is 0 Å². The lowest BCUT2D eigenvalue weighted by Crippen LogP contribution is -2.03. The van der Waals surface area contributed by atoms with Crippen LogP contribution in [0.15, 0.2) is 23.9 Å². The van der Waals surface area contributed by atoms with E-state index in [4.69, 9.17) is 0 Å². The number of hydrogen-bond acceptors (Lipinski definition) is 1. The molecule has 0 aromatic carbocycles. The van der Waals surface area contributed by atoms with Crippen LogP contribution in [0.5, 0.6) is 0 Å². The maximum absolute atomic E-state index is 9.96. The van der Waals surface area contributed by atoms with Crippen molar-refractivity contribution in [3.8, 4) is 0 Å². The molecular formula is C9H15NO. The molecule has 0 aromatic heterocycles.